The number of rotatable bonds is 6. The van der Waals surface area contributed by atoms with Crippen LogP contribution in [0.15, 0.2) is 133 Å². The van der Waals surface area contributed by atoms with Crippen molar-refractivity contribution >= 4 is 38.6 Å². The summed E-state index contributed by atoms with van der Waals surface area (Å²) in [5, 5.41) is 5.12. The van der Waals surface area contributed by atoms with Gasteiger partial charge in [-0.25, -0.2) is 0 Å². The Morgan fingerprint density at radius 2 is 1.00 bits per heavy atom. The highest BCUT2D eigenvalue weighted by Gasteiger charge is 2.25. The van der Waals surface area contributed by atoms with E-state index in [1.54, 1.807) is 0 Å². The van der Waals surface area contributed by atoms with Gasteiger partial charge >= 0.3 is 0 Å². The van der Waals surface area contributed by atoms with Crippen molar-refractivity contribution in [1.82, 2.24) is 0 Å². The molecule has 0 bridgehead atoms. The fourth-order valence-electron chi connectivity index (χ4n) is 7.04. The highest BCUT2D eigenvalue weighted by atomic mass is 15.1. The van der Waals surface area contributed by atoms with E-state index < -0.39 is 0 Å². The van der Waals surface area contributed by atoms with Crippen molar-refractivity contribution in [1.29, 1.82) is 0 Å². The average Bonchev–Trinajstić information content (AvgIpc) is 3.08. The average molecular weight is 594 g/mol. The third-order valence-corrected chi connectivity index (χ3v) is 9.82. The molecule has 0 amide bonds. The zero-order valence-corrected chi connectivity index (χ0v) is 27.3. The molecule has 0 radical (unpaired) electrons. The van der Waals surface area contributed by atoms with Gasteiger partial charge < -0.3 is 4.90 Å². The molecule has 0 spiro atoms. The van der Waals surface area contributed by atoms with Crippen molar-refractivity contribution in [2.45, 2.75) is 46.5 Å². The van der Waals surface area contributed by atoms with Crippen LogP contribution in [0.2, 0.25) is 0 Å². The van der Waals surface area contributed by atoms with E-state index in [0.717, 1.165) is 0 Å². The van der Waals surface area contributed by atoms with Crippen LogP contribution in [0.1, 0.15) is 56.2 Å². The molecule has 0 saturated heterocycles. The van der Waals surface area contributed by atoms with E-state index >= 15 is 0 Å². The number of nitrogens with zero attached hydrogens (tertiary/aromatic N) is 1. The summed E-state index contributed by atoms with van der Waals surface area (Å²) in [7, 11) is 0. The van der Waals surface area contributed by atoms with Crippen LogP contribution in [0, 0.1) is 6.92 Å². The minimum absolute atomic E-state index is 0.458. The van der Waals surface area contributed by atoms with Gasteiger partial charge in [0.15, 0.2) is 0 Å². The molecule has 0 aliphatic heterocycles. The molecule has 0 aromatic heterocycles. The molecule has 1 heteroatoms. The monoisotopic (exact) mass is 593 g/mol. The minimum atomic E-state index is 0.458. The Hall–Kier alpha value is -5.14. The maximum atomic E-state index is 2.46. The first-order valence-electron chi connectivity index (χ1n) is 16.6. The van der Waals surface area contributed by atoms with Gasteiger partial charge in [0.1, 0.15) is 0 Å². The van der Waals surface area contributed by atoms with E-state index in [1.165, 1.54) is 88.7 Å². The van der Waals surface area contributed by atoms with Gasteiger partial charge in [0.05, 0.1) is 0 Å². The molecule has 1 aliphatic rings. The molecule has 0 N–H and O–H groups in total. The lowest BCUT2D eigenvalue weighted by molar-refractivity contribution is 0.864. The zero-order valence-electron chi connectivity index (χ0n) is 27.3. The number of aryl methyl sites for hydroxylation is 1. The van der Waals surface area contributed by atoms with E-state index in [2.05, 4.69) is 173 Å². The lowest BCUT2D eigenvalue weighted by Crippen LogP contribution is -2.12. The largest absolute Gasteiger partial charge is 0.310 e. The predicted octanol–water partition coefficient (Wildman–Crippen LogP) is 13.3. The number of anilines is 3. The van der Waals surface area contributed by atoms with Crippen molar-refractivity contribution in [3.05, 3.63) is 150 Å². The van der Waals surface area contributed by atoms with Crippen LogP contribution in [-0.4, -0.2) is 0 Å². The van der Waals surface area contributed by atoms with Crippen LogP contribution in [0.3, 0.4) is 0 Å². The fourth-order valence-corrected chi connectivity index (χ4v) is 7.04. The molecular formula is C45H39N. The van der Waals surface area contributed by atoms with E-state index in [4.69, 9.17) is 0 Å². The van der Waals surface area contributed by atoms with Gasteiger partial charge in [0, 0.05) is 17.1 Å². The minimum Gasteiger partial charge on any atom is -0.310 e. The van der Waals surface area contributed by atoms with Gasteiger partial charge in [-0.2, -0.15) is 0 Å². The first-order chi connectivity index (χ1) is 22.3. The van der Waals surface area contributed by atoms with Gasteiger partial charge in [-0.3, -0.25) is 0 Å². The first-order valence-corrected chi connectivity index (χ1v) is 16.6. The maximum Gasteiger partial charge on any atom is 0.0493 e. The summed E-state index contributed by atoms with van der Waals surface area (Å²) in [5.74, 6) is 0.918. The summed E-state index contributed by atoms with van der Waals surface area (Å²) in [6.07, 6.45) is 0. The van der Waals surface area contributed by atoms with Crippen molar-refractivity contribution in [3.8, 4) is 33.4 Å². The molecule has 7 aromatic carbocycles. The number of hydrogen-bond acceptors (Lipinski definition) is 1. The summed E-state index contributed by atoms with van der Waals surface area (Å²) in [6, 6.07) is 50.0. The molecule has 7 aromatic rings. The Labute approximate surface area is 272 Å². The van der Waals surface area contributed by atoms with E-state index in [9.17, 15) is 0 Å². The molecule has 0 unspecified atom stereocenters. The maximum absolute atomic E-state index is 2.46. The molecular weight excluding hydrogens is 555 g/mol. The van der Waals surface area contributed by atoms with Crippen LogP contribution in [0.5, 0.6) is 0 Å². The molecule has 1 aliphatic carbocycles. The molecule has 8 rings (SSSR count). The highest BCUT2D eigenvalue weighted by molar-refractivity contribution is 6.12. The molecule has 224 valence electrons. The predicted molar refractivity (Wildman–Crippen MR) is 199 cm³/mol. The van der Waals surface area contributed by atoms with E-state index in [1.807, 2.05) is 0 Å². The Balaban J connectivity index is 1.24. The second kappa shape index (κ2) is 11.0. The van der Waals surface area contributed by atoms with Gasteiger partial charge in [-0.05, 0) is 151 Å². The van der Waals surface area contributed by atoms with Crippen molar-refractivity contribution in [3.63, 3.8) is 0 Å². The molecule has 0 saturated carbocycles. The number of hydrogen-bond donors (Lipinski definition) is 0. The SMILES string of the molecule is Cc1ccc(C(C)C)cc1N(c1cccc(C(C)C)c1)c1ccc2cc3c(cc2c1)-c1cc2ccc(-c4ccccc4)cc2cc1-3. The summed E-state index contributed by atoms with van der Waals surface area (Å²) < 4.78 is 0. The Kier molecular flexibility index (Phi) is 6.80. The second-order valence-electron chi connectivity index (χ2n) is 13.5. The lowest BCUT2D eigenvalue weighted by atomic mass is 9.77. The molecule has 1 nitrogen and oxygen atoms in total. The third kappa shape index (κ3) is 4.79. The van der Waals surface area contributed by atoms with Crippen molar-refractivity contribution in [2.75, 3.05) is 4.90 Å². The summed E-state index contributed by atoms with van der Waals surface area (Å²) >= 11 is 0. The Bertz CT molecular complexity index is 2270. The smallest absolute Gasteiger partial charge is 0.0493 e. The number of fused-ring (bicyclic) bond motifs is 6. The number of benzene rings is 7. The van der Waals surface area contributed by atoms with Crippen LogP contribution in [0.25, 0.3) is 54.9 Å². The molecule has 0 fully saturated rings. The lowest BCUT2D eigenvalue weighted by Gasteiger charge is -2.30. The molecule has 0 atom stereocenters. The fraction of sp³-hybridized carbons (Fsp3) is 0.156. The summed E-state index contributed by atoms with van der Waals surface area (Å²) in [4.78, 5) is 2.46. The van der Waals surface area contributed by atoms with Gasteiger partial charge in [-0.15, -0.1) is 0 Å². The quantitative estimate of drug-likeness (QED) is 0.185. The first kappa shape index (κ1) is 28.3. The van der Waals surface area contributed by atoms with Gasteiger partial charge in [-0.1, -0.05) is 100 Å². The second-order valence-corrected chi connectivity index (χ2v) is 13.5. The normalized spacial score (nSPS) is 12.0. The Morgan fingerprint density at radius 1 is 0.413 bits per heavy atom. The Morgan fingerprint density at radius 3 is 1.67 bits per heavy atom. The van der Waals surface area contributed by atoms with Crippen molar-refractivity contribution in [2.24, 2.45) is 0 Å². The van der Waals surface area contributed by atoms with Crippen LogP contribution < -0.4 is 4.90 Å². The third-order valence-electron chi connectivity index (χ3n) is 9.82. The molecule has 46 heavy (non-hydrogen) atoms. The summed E-state index contributed by atoms with van der Waals surface area (Å²) in [5.41, 5.74) is 15.5. The van der Waals surface area contributed by atoms with E-state index in [0.29, 0.717) is 11.8 Å². The zero-order chi connectivity index (χ0) is 31.5. The van der Waals surface area contributed by atoms with Crippen molar-refractivity contribution < 1.29 is 0 Å². The van der Waals surface area contributed by atoms with Gasteiger partial charge in [0.2, 0.25) is 0 Å². The standard InChI is InChI=1S/C45H39N/c1-28(2)32-12-9-13-39(21-32)46(45-27-33(29(3)4)15-14-30(45)5)40-19-18-36-24-42-43-25-37-20-34(31-10-7-6-8-11-31)16-17-35(37)23-41(43)44(42)26-38(36)22-40/h6-29H,1-5H3. The topological polar surface area (TPSA) is 3.24 Å². The van der Waals surface area contributed by atoms with Crippen LogP contribution >= 0.6 is 0 Å². The van der Waals surface area contributed by atoms with Crippen LogP contribution in [0.4, 0.5) is 17.1 Å². The van der Waals surface area contributed by atoms with Gasteiger partial charge in [0.25, 0.3) is 0 Å². The van der Waals surface area contributed by atoms with Crippen LogP contribution in [-0.2, 0) is 0 Å². The summed E-state index contributed by atoms with van der Waals surface area (Å²) in [6.45, 7) is 11.3. The molecule has 0 heterocycles. The van der Waals surface area contributed by atoms with E-state index in [-0.39, 0.29) is 0 Å². The highest BCUT2D eigenvalue weighted by Crippen LogP contribution is 2.51.